The van der Waals surface area contributed by atoms with Crippen molar-refractivity contribution in [1.82, 2.24) is 14.9 Å². The van der Waals surface area contributed by atoms with E-state index in [1.807, 2.05) is 19.2 Å². The maximum atomic E-state index is 14.8. The lowest BCUT2D eigenvalue weighted by atomic mass is 9.72. The summed E-state index contributed by atoms with van der Waals surface area (Å²) in [5.41, 5.74) is -0.585. The molecule has 1 fully saturated rings. The molecule has 0 bridgehead atoms. The van der Waals surface area contributed by atoms with E-state index >= 15 is 0 Å². The fraction of sp³-hybridized carbons (Fsp3) is 0.565. The summed E-state index contributed by atoms with van der Waals surface area (Å²) in [5.74, 6) is -0.491. The SMILES string of the molecule is COC(=O)C1(Cc2nc(Nc3nc(C)cs3)ccc2F)CCN(C(=O)OC(C)(C)C)C(C)C1. The molecule has 0 saturated carbocycles. The van der Waals surface area contributed by atoms with Crippen LogP contribution in [0.3, 0.4) is 0 Å². The molecule has 1 N–H and O–H groups in total. The number of esters is 1. The van der Waals surface area contributed by atoms with Gasteiger partial charge in [0.1, 0.15) is 17.2 Å². The maximum absolute atomic E-state index is 14.8. The van der Waals surface area contributed by atoms with Gasteiger partial charge in [0.15, 0.2) is 5.13 Å². The standard InChI is InChI=1S/C23H31FN4O4S/c1-14-13-33-20(25-14)27-18-8-7-16(24)17(26-18)12-23(19(29)31-6)9-10-28(15(2)11-23)21(30)32-22(3,4)5/h7-8,13,15H,9-12H2,1-6H3,(H,25,26,27). The molecule has 0 aliphatic carbocycles. The average Bonchev–Trinajstić information content (AvgIpc) is 3.13. The number of halogens is 1. The second-order valence-corrected chi connectivity index (χ2v) is 10.3. The van der Waals surface area contributed by atoms with Crippen LogP contribution in [0.4, 0.5) is 20.1 Å². The Morgan fingerprint density at radius 3 is 2.64 bits per heavy atom. The van der Waals surface area contributed by atoms with E-state index in [1.54, 1.807) is 25.7 Å². The highest BCUT2D eigenvalue weighted by molar-refractivity contribution is 7.13. The number of rotatable bonds is 5. The summed E-state index contributed by atoms with van der Waals surface area (Å²) in [6.07, 6.45) is 0.254. The van der Waals surface area contributed by atoms with Crippen molar-refractivity contribution in [3.05, 3.63) is 34.7 Å². The predicted molar refractivity (Wildman–Crippen MR) is 124 cm³/mol. The van der Waals surface area contributed by atoms with E-state index in [4.69, 9.17) is 9.47 Å². The van der Waals surface area contributed by atoms with E-state index in [1.165, 1.54) is 30.6 Å². The zero-order valence-corrected chi connectivity index (χ0v) is 20.7. The van der Waals surface area contributed by atoms with Crippen LogP contribution in [0.25, 0.3) is 0 Å². The van der Waals surface area contributed by atoms with Gasteiger partial charge in [0.25, 0.3) is 0 Å². The summed E-state index contributed by atoms with van der Waals surface area (Å²) in [6.45, 7) is 9.45. The highest BCUT2D eigenvalue weighted by Gasteiger charge is 2.47. The lowest BCUT2D eigenvalue weighted by Crippen LogP contribution is -2.53. The lowest BCUT2D eigenvalue weighted by Gasteiger charge is -2.43. The Morgan fingerprint density at radius 1 is 1.33 bits per heavy atom. The average molecular weight is 479 g/mol. The topological polar surface area (TPSA) is 93.6 Å². The third-order valence-electron chi connectivity index (χ3n) is 5.57. The zero-order valence-electron chi connectivity index (χ0n) is 19.9. The highest BCUT2D eigenvalue weighted by Crippen LogP contribution is 2.40. The van der Waals surface area contributed by atoms with Crippen LogP contribution in [0.1, 0.15) is 51.9 Å². The number of aromatic nitrogens is 2. The first-order chi connectivity index (χ1) is 15.4. The van der Waals surface area contributed by atoms with Crippen molar-refractivity contribution in [3.8, 4) is 0 Å². The summed E-state index contributed by atoms with van der Waals surface area (Å²) in [5, 5.41) is 5.64. The van der Waals surface area contributed by atoms with Gasteiger partial charge in [-0.05, 0) is 59.6 Å². The van der Waals surface area contributed by atoms with Gasteiger partial charge in [0.2, 0.25) is 0 Å². The minimum absolute atomic E-state index is 0.0599. The molecule has 2 atom stereocenters. The Bertz CT molecular complexity index is 1020. The van der Waals surface area contributed by atoms with Gasteiger partial charge in [-0.3, -0.25) is 4.79 Å². The molecule has 180 valence electrons. The smallest absolute Gasteiger partial charge is 0.410 e. The number of anilines is 2. The summed E-state index contributed by atoms with van der Waals surface area (Å²) >= 11 is 1.43. The highest BCUT2D eigenvalue weighted by atomic mass is 32.1. The van der Waals surface area contributed by atoms with E-state index in [0.717, 1.165) is 5.69 Å². The normalized spacial score (nSPS) is 20.9. The molecule has 1 aliphatic rings. The number of nitrogens with zero attached hydrogens (tertiary/aromatic N) is 3. The monoisotopic (exact) mass is 478 g/mol. The zero-order chi connectivity index (χ0) is 24.4. The number of likely N-dealkylation sites (tertiary alicyclic amines) is 1. The van der Waals surface area contributed by atoms with Gasteiger partial charge in [-0.1, -0.05) is 0 Å². The molecule has 3 heterocycles. The van der Waals surface area contributed by atoms with Gasteiger partial charge in [0, 0.05) is 24.4 Å². The molecule has 0 aromatic carbocycles. The Kier molecular flexibility index (Phi) is 7.26. The first kappa shape index (κ1) is 24.9. The fourth-order valence-electron chi connectivity index (χ4n) is 4.08. The Labute approximate surface area is 197 Å². The van der Waals surface area contributed by atoms with Crippen LogP contribution < -0.4 is 5.32 Å². The van der Waals surface area contributed by atoms with E-state index < -0.39 is 28.9 Å². The van der Waals surface area contributed by atoms with Gasteiger partial charge in [0.05, 0.1) is 23.9 Å². The number of carbonyl (C=O) groups is 2. The van der Waals surface area contributed by atoms with Crippen LogP contribution in [-0.4, -0.2) is 52.2 Å². The number of ether oxygens (including phenoxy) is 2. The van der Waals surface area contributed by atoms with Crippen LogP contribution >= 0.6 is 11.3 Å². The van der Waals surface area contributed by atoms with Gasteiger partial charge in [-0.15, -0.1) is 11.3 Å². The molecule has 1 amide bonds. The first-order valence-corrected chi connectivity index (χ1v) is 11.7. The van der Waals surface area contributed by atoms with Crippen molar-refractivity contribution in [2.24, 2.45) is 5.41 Å². The number of nitrogens with one attached hydrogen (secondary N) is 1. The number of hydrogen-bond donors (Lipinski definition) is 1. The molecule has 8 nitrogen and oxygen atoms in total. The first-order valence-electron chi connectivity index (χ1n) is 10.8. The number of pyridine rings is 1. The van der Waals surface area contributed by atoms with Gasteiger partial charge in [-0.25, -0.2) is 19.2 Å². The van der Waals surface area contributed by atoms with Gasteiger partial charge >= 0.3 is 12.1 Å². The molecular formula is C23H31FN4O4S. The quantitative estimate of drug-likeness (QED) is 0.614. The molecule has 3 rings (SSSR count). The summed E-state index contributed by atoms with van der Waals surface area (Å²) in [7, 11) is 1.32. The molecule has 0 radical (unpaired) electrons. The van der Waals surface area contributed by atoms with E-state index in [9.17, 15) is 14.0 Å². The minimum Gasteiger partial charge on any atom is -0.469 e. The predicted octanol–water partition coefficient (Wildman–Crippen LogP) is 4.85. The van der Waals surface area contributed by atoms with E-state index in [-0.39, 0.29) is 18.2 Å². The number of piperidine rings is 1. The number of hydrogen-bond acceptors (Lipinski definition) is 8. The van der Waals surface area contributed by atoms with Crippen LogP contribution in [0.5, 0.6) is 0 Å². The van der Waals surface area contributed by atoms with Crippen LogP contribution in [0, 0.1) is 18.2 Å². The molecular weight excluding hydrogens is 447 g/mol. The third kappa shape index (κ3) is 5.98. The van der Waals surface area contributed by atoms with Gasteiger partial charge < -0.3 is 19.7 Å². The molecule has 0 spiro atoms. The molecule has 33 heavy (non-hydrogen) atoms. The van der Waals surface area contributed by atoms with Crippen molar-refractivity contribution in [1.29, 1.82) is 0 Å². The molecule has 1 aliphatic heterocycles. The van der Waals surface area contributed by atoms with Crippen molar-refractivity contribution in [2.75, 3.05) is 19.0 Å². The van der Waals surface area contributed by atoms with Crippen molar-refractivity contribution in [3.63, 3.8) is 0 Å². The summed E-state index contributed by atoms with van der Waals surface area (Å²) < 4.78 is 25.4. The summed E-state index contributed by atoms with van der Waals surface area (Å²) in [6, 6.07) is 2.57. The third-order valence-corrected chi connectivity index (χ3v) is 6.45. The second kappa shape index (κ2) is 9.62. The molecule has 2 aromatic rings. The largest absolute Gasteiger partial charge is 0.469 e. The van der Waals surface area contributed by atoms with Crippen LogP contribution in [-0.2, 0) is 20.7 Å². The number of amides is 1. The molecule has 2 unspecified atom stereocenters. The van der Waals surface area contributed by atoms with Crippen molar-refractivity contribution in [2.45, 2.75) is 65.5 Å². The Hall–Kier alpha value is -2.75. The van der Waals surface area contributed by atoms with Crippen molar-refractivity contribution < 1.29 is 23.5 Å². The van der Waals surface area contributed by atoms with Gasteiger partial charge in [-0.2, -0.15) is 0 Å². The van der Waals surface area contributed by atoms with E-state index in [2.05, 4.69) is 15.3 Å². The lowest BCUT2D eigenvalue weighted by molar-refractivity contribution is -0.157. The van der Waals surface area contributed by atoms with E-state index in [0.29, 0.717) is 30.3 Å². The number of thiazole rings is 1. The number of carbonyl (C=O) groups excluding carboxylic acids is 2. The Balaban J connectivity index is 1.82. The number of methoxy groups -OCH3 is 1. The van der Waals surface area contributed by atoms with Crippen molar-refractivity contribution >= 4 is 34.3 Å². The number of aryl methyl sites for hydroxylation is 1. The molecule has 2 aromatic heterocycles. The molecule has 1 saturated heterocycles. The maximum Gasteiger partial charge on any atom is 0.410 e. The summed E-state index contributed by atoms with van der Waals surface area (Å²) in [4.78, 5) is 35.9. The minimum atomic E-state index is -1.00. The fourth-order valence-corrected chi connectivity index (χ4v) is 4.77. The molecule has 10 heteroatoms. The van der Waals surface area contributed by atoms with Crippen LogP contribution in [0.2, 0.25) is 0 Å². The Morgan fingerprint density at radius 2 is 2.06 bits per heavy atom. The second-order valence-electron chi connectivity index (χ2n) is 9.47. The van der Waals surface area contributed by atoms with Crippen LogP contribution in [0.15, 0.2) is 17.5 Å².